The third kappa shape index (κ3) is 4.09. The minimum Gasteiger partial charge on any atom is -0.395 e. The molecular weight excluding hydrogens is 188 g/mol. The van der Waals surface area contributed by atoms with E-state index in [1.165, 1.54) is 32.5 Å². The topological polar surface area (TPSA) is 26.7 Å². The first-order chi connectivity index (χ1) is 7.31. The second kappa shape index (κ2) is 7.20. The zero-order chi connectivity index (χ0) is 11.1. The average Bonchev–Trinajstić information content (AvgIpc) is 2.29. The van der Waals surface area contributed by atoms with Crippen molar-refractivity contribution < 1.29 is 5.11 Å². The van der Waals surface area contributed by atoms with Crippen molar-refractivity contribution in [1.82, 2.24) is 9.80 Å². The van der Waals surface area contributed by atoms with Gasteiger partial charge in [0.25, 0.3) is 0 Å². The Bertz CT molecular complexity index is 152. The fraction of sp³-hybridized carbons (Fsp3) is 1.00. The van der Waals surface area contributed by atoms with Crippen molar-refractivity contribution in [2.75, 3.05) is 39.3 Å². The smallest absolute Gasteiger partial charge is 0.0586 e. The summed E-state index contributed by atoms with van der Waals surface area (Å²) >= 11 is 0. The lowest BCUT2D eigenvalue weighted by Crippen LogP contribution is -2.51. The maximum Gasteiger partial charge on any atom is 0.0586 e. The van der Waals surface area contributed by atoms with Gasteiger partial charge in [0.15, 0.2) is 0 Å². The lowest BCUT2D eigenvalue weighted by atomic mass is 10.1. The van der Waals surface area contributed by atoms with Crippen LogP contribution in [0.4, 0.5) is 0 Å². The first-order valence-corrected chi connectivity index (χ1v) is 6.39. The van der Waals surface area contributed by atoms with Gasteiger partial charge < -0.3 is 10.0 Å². The molecule has 1 unspecified atom stereocenters. The summed E-state index contributed by atoms with van der Waals surface area (Å²) in [5, 5.41) is 9.23. The molecule has 90 valence electrons. The molecule has 0 spiro atoms. The normalized spacial score (nSPS) is 21.8. The van der Waals surface area contributed by atoms with Gasteiger partial charge in [-0.2, -0.15) is 0 Å². The lowest BCUT2D eigenvalue weighted by molar-refractivity contribution is 0.0632. The number of piperazine rings is 1. The number of unbranched alkanes of at least 4 members (excludes halogenated alkanes) is 1. The fourth-order valence-electron chi connectivity index (χ4n) is 2.24. The number of rotatable bonds is 6. The first-order valence-electron chi connectivity index (χ1n) is 6.39. The van der Waals surface area contributed by atoms with Crippen LogP contribution in [0.2, 0.25) is 0 Å². The van der Waals surface area contributed by atoms with E-state index in [1.54, 1.807) is 0 Å². The van der Waals surface area contributed by atoms with Gasteiger partial charge in [0, 0.05) is 32.2 Å². The summed E-state index contributed by atoms with van der Waals surface area (Å²) < 4.78 is 0. The largest absolute Gasteiger partial charge is 0.395 e. The highest BCUT2D eigenvalue weighted by atomic mass is 16.3. The van der Waals surface area contributed by atoms with E-state index in [0.717, 1.165) is 19.5 Å². The average molecular weight is 214 g/mol. The van der Waals surface area contributed by atoms with Crippen molar-refractivity contribution >= 4 is 0 Å². The molecule has 3 nitrogen and oxygen atoms in total. The van der Waals surface area contributed by atoms with E-state index in [0.29, 0.717) is 12.6 Å². The molecule has 0 amide bonds. The van der Waals surface area contributed by atoms with E-state index < -0.39 is 0 Å². The highest BCUT2D eigenvalue weighted by Gasteiger charge is 2.21. The van der Waals surface area contributed by atoms with Gasteiger partial charge in [0.2, 0.25) is 0 Å². The van der Waals surface area contributed by atoms with Gasteiger partial charge in [-0.3, -0.25) is 4.90 Å². The number of hydrogen-bond acceptors (Lipinski definition) is 3. The Morgan fingerprint density at radius 1 is 1.13 bits per heavy atom. The van der Waals surface area contributed by atoms with E-state index in [-0.39, 0.29) is 0 Å². The van der Waals surface area contributed by atoms with Gasteiger partial charge in [0.05, 0.1) is 6.61 Å². The Hall–Kier alpha value is -0.120. The Kier molecular flexibility index (Phi) is 6.22. The molecule has 0 radical (unpaired) electrons. The zero-order valence-electron chi connectivity index (χ0n) is 10.3. The maximum absolute atomic E-state index is 9.23. The first kappa shape index (κ1) is 12.9. The summed E-state index contributed by atoms with van der Waals surface area (Å²) in [4.78, 5) is 4.98. The van der Waals surface area contributed by atoms with Crippen LogP contribution < -0.4 is 0 Å². The molecule has 0 aromatic rings. The third-order valence-electron chi connectivity index (χ3n) is 3.43. The van der Waals surface area contributed by atoms with Crippen LogP contribution >= 0.6 is 0 Å². The monoisotopic (exact) mass is 214 g/mol. The molecule has 0 saturated carbocycles. The molecule has 0 bridgehead atoms. The molecule has 1 saturated heterocycles. The molecule has 3 heteroatoms. The highest BCUT2D eigenvalue weighted by Crippen LogP contribution is 2.09. The maximum atomic E-state index is 9.23. The molecule has 1 N–H and O–H groups in total. The van der Waals surface area contributed by atoms with E-state index >= 15 is 0 Å². The molecule has 0 aromatic carbocycles. The van der Waals surface area contributed by atoms with Gasteiger partial charge in [-0.15, -0.1) is 0 Å². The minimum atomic E-state index is 0.311. The van der Waals surface area contributed by atoms with E-state index in [9.17, 15) is 5.11 Å². The summed E-state index contributed by atoms with van der Waals surface area (Å²) in [5.41, 5.74) is 0. The molecule has 15 heavy (non-hydrogen) atoms. The van der Waals surface area contributed by atoms with E-state index in [2.05, 4.69) is 23.6 Å². The second-order valence-corrected chi connectivity index (χ2v) is 4.48. The van der Waals surface area contributed by atoms with Crippen LogP contribution in [0.15, 0.2) is 0 Å². The van der Waals surface area contributed by atoms with E-state index in [4.69, 9.17) is 0 Å². The van der Waals surface area contributed by atoms with Gasteiger partial charge in [-0.05, 0) is 19.4 Å². The molecule has 1 fully saturated rings. The standard InChI is InChI=1S/C12H26N2O/c1-3-5-6-13-7-9-14(10-8-13)12(4-2)11-15/h12,15H,3-11H2,1-2H3. The predicted octanol–water partition coefficient (Wildman–Crippen LogP) is 1.18. The quantitative estimate of drug-likeness (QED) is 0.719. The number of nitrogens with zero attached hydrogens (tertiary/aromatic N) is 2. The van der Waals surface area contributed by atoms with Crippen LogP contribution in [0.25, 0.3) is 0 Å². The van der Waals surface area contributed by atoms with Gasteiger partial charge in [0.1, 0.15) is 0 Å². The molecule has 1 atom stereocenters. The van der Waals surface area contributed by atoms with Crippen LogP contribution in [0.5, 0.6) is 0 Å². The number of aliphatic hydroxyl groups is 1. The zero-order valence-corrected chi connectivity index (χ0v) is 10.3. The van der Waals surface area contributed by atoms with Crippen molar-refractivity contribution in [2.24, 2.45) is 0 Å². The minimum absolute atomic E-state index is 0.311. The van der Waals surface area contributed by atoms with Crippen molar-refractivity contribution in [3.05, 3.63) is 0 Å². The Morgan fingerprint density at radius 2 is 1.80 bits per heavy atom. The number of hydrogen-bond donors (Lipinski definition) is 1. The molecular formula is C12H26N2O. The van der Waals surface area contributed by atoms with Crippen LogP contribution in [-0.2, 0) is 0 Å². The van der Waals surface area contributed by atoms with Crippen molar-refractivity contribution in [1.29, 1.82) is 0 Å². The summed E-state index contributed by atoms with van der Waals surface area (Å²) in [6.45, 7) is 10.6. The summed E-state index contributed by atoms with van der Waals surface area (Å²) in [5.74, 6) is 0. The second-order valence-electron chi connectivity index (χ2n) is 4.48. The summed E-state index contributed by atoms with van der Waals surface area (Å²) in [6, 6.07) is 0.387. The SMILES string of the molecule is CCCCN1CCN(C(CC)CO)CC1. The Balaban J connectivity index is 2.22. The molecule has 1 aliphatic rings. The lowest BCUT2D eigenvalue weighted by Gasteiger charge is -2.38. The summed E-state index contributed by atoms with van der Waals surface area (Å²) in [6.07, 6.45) is 3.66. The van der Waals surface area contributed by atoms with E-state index in [1.807, 2.05) is 0 Å². The predicted molar refractivity (Wildman–Crippen MR) is 64.1 cm³/mol. The molecule has 1 aliphatic heterocycles. The number of aliphatic hydroxyl groups excluding tert-OH is 1. The van der Waals surface area contributed by atoms with Crippen LogP contribution in [0.3, 0.4) is 0 Å². The highest BCUT2D eigenvalue weighted by molar-refractivity contribution is 4.77. The van der Waals surface area contributed by atoms with Crippen molar-refractivity contribution in [2.45, 2.75) is 39.2 Å². The van der Waals surface area contributed by atoms with Gasteiger partial charge >= 0.3 is 0 Å². The van der Waals surface area contributed by atoms with Crippen LogP contribution in [-0.4, -0.2) is 60.3 Å². The Morgan fingerprint density at radius 3 is 2.27 bits per heavy atom. The van der Waals surface area contributed by atoms with Gasteiger partial charge in [-0.25, -0.2) is 0 Å². The van der Waals surface area contributed by atoms with Crippen molar-refractivity contribution in [3.8, 4) is 0 Å². The van der Waals surface area contributed by atoms with Crippen LogP contribution in [0, 0.1) is 0 Å². The van der Waals surface area contributed by atoms with Crippen LogP contribution in [0.1, 0.15) is 33.1 Å². The molecule has 0 aliphatic carbocycles. The molecule has 0 aromatic heterocycles. The third-order valence-corrected chi connectivity index (χ3v) is 3.43. The molecule has 1 heterocycles. The Labute approximate surface area is 94.1 Å². The molecule has 1 rings (SSSR count). The fourth-order valence-corrected chi connectivity index (χ4v) is 2.24. The summed E-state index contributed by atoms with van der Waals surface area (Å²) in [7, 11) is 0. The van der Waals surface area contributed by atoms with Gasteiger partial charge in [-0.1, -0.05) is 20.3 Å². The van der Waals surface area contributed by atoms with Crippen molar-refractivity contribution in [3.63, 3.8) is 0 Å².